The minimum Gasteiger partial charge on any atom is -0.434 e. The third kappa shape index (κ3) is 8.36. The van der Waals surface area contributed by atoms with Crippen LogP contribution in [0.15, 0.2) is 36.4 Å². The molecule has 0 saturated carbocycles. The molecule has 0 unspecified atom stereocenters. The van der Waals surface area contributed by atoms with E-state index in [0.29, 0.717) is 48.3 Å². The van der Waals surface area contributed by atoms with Gasteiger partial charge in [0.1, 0.15) is 0 Å². The van der Waals surface area contributed by atoms with Crippen LogP contribution in [0.4, 0.5) is 9.59 Å². The van der Waals surface area contributed by atoms with Gasteiger partial charge in [0.05, 0.1) is 13.2 Å². The highest BCUT2D eigenvalue weighted by molar-refractivity contribution is 6.14. The third-order valence-corrected chi connectivity index (χ3v) is 7.31. The van der Waals surface area contributed by atoms with E-state index in [0.717, 1.165) is 60.4 Å². The van der Waals surface area contributed by atoms with Crippen LogP contribution < -0.4 is 9.47 Å². The molecule has 0 aliphatic rings. The van der Waals surface area contributed by atoms with Crippen LogP contribution in [0.2, 0.25) is 0 Å². The molecule has 0 radical (unpaired) electrons. The van der Waals surface area contributed by atoms with Gasteiger partial charge in [0.15, 0.2) is 11.5 Å². The van der Waals surface area contributed by atoms with Crippen LogP contribution in [-0.4, -0.2) is 25.5 Å². The fourth-order valence-electron chi connectivity index (χ4n) is 5.13. The topological polar surface area (TPSA) is 71.1 Å². The highest BCUT2D eigenvalue weighted by atomic mass is 16.7. The maximum Gasteiger partial charge on any atom is 0.513 e. The third-order valence-electron chi connectivity index (χ3n) is 7.31. The van der Waals surface area contributed by atoms with E-state index in [-0.39, 0.29) is 0 Å². The fourth-order valence-corrected chi connectivity index (χ4v) is 5.13. The molecule has 6 nitrogen and oxygen atoms in total. The molecule has 0 N–H and O–H groups in total. The highest BCUT2D eigenvalue weighted by Gasteiger charge is 2.24. The molecule has 0 aromatic heterocycles. The molecule has 0 atom stereocenters. The number of rotatable bonds is 16. The number of unbranched alkanes of at least 4 members (excludes halogenated alkanes) is 8. The second-order valence-corrected chi connectivity index (χ2v) is 10.3. The summed E-state index contributed by atoms with van der Waals surface area (Å²) >= 11 is 0. The molecule has 0 heterocycles. The van der Waals surface area contributed by atoms with Crippen LogP contribution in [0.5, 0.6) is 11.5 Å². The lowest BCUT2D eigenvalue weighted by atomic mass is 9.93. The first-order valence-corrected chi connectivity index (χ1v) is 15.2. The van der Waals surface area contributed by atoms with Crippen molar-refractivity contribution in [1.82, 2.24) is 0 Å². The fraction of sp³-hybridized carbons (Fsp3) is 0.529. The maximum atomic E-state index is 12.9. The summed E-state index contributed by atoms with van der Waals surface area (Å²) in [6.07, 6.45) is 10.6. The Morgan fingerprint density at radius 2 is 0.950 bits per heavy atom. The molecule has 0 aliphatic carbocycles. The zero-order valence-electron chi connectivity index (χ0n) is 24.8. The Morgan fingerprint density at radius 3 is 1.32 bits per heavy atom. The Kier molecular flexibility index (Phi) is 13.1. The molecule has 0 spiro atoms. The van der Waals surface area contributed by atoms with Crippen LogP contribution in [0.3, 0.4) is 0 Å². The van der Waals surface area contributed by atoms with Crippen molar-refractivity contribution in [3.05, 3.63) is 47.5 Å². The van der Waals surface area contributed by atoms with Crippen LogP contribution in [-0.2, 0) is 22.3 Å². The molecule has 40 heavy (non-hydrogen) atoms. The lowest BCUT2D eigenvalue weighted by Gasteiger charge is -2.19. The summed E-state index contributed by atoms with van der Waals surface area (Å²) in [5.41, 5.74) is 1.97. The monoisotopic (exact) mass is 550 g/mol. The van der Waals surface area contributed by atoms with Crippen molar-refractivity contribution in [2.45, 2.75) is 105 Å². The Labute approximate surface area is 239 Å². The predicted molar refractivity (Wildman–Crippen MR) is 162 cm³/mol. The molecule has 6 heteroatoms. The van der Waals surface area contributed by atoms with Gasteiger partial charge in [-0.05, 0) is 36.8 Å². The summed E-state index contributed by atoms with van der Waals surface area (Å²) in [5, 5.41) is 2.89. The molecule has 0 amide bonds. The summed E-state index contributed by atoms with van der Waals surface area (Å²) in [7, 11) is 0. The van der Waals surface area contributed by atoms with Gasteiger partial charge < -0.3 is 18.9 Å². The summed E-state index contributed by atoms with van der Waals surface area (Å²) in [6.45, 7) is 9.09. The molecule has 3 aromatic rings. The van der Waals surface area contributed by atoms with Gasteiger partial charge in [-0.3, -0.25) is 0 Å². The lowest BCUT2D eigenvalue weighted by molar-refractivity contribution is 0.0965. The number of carbonyl (C=O) groups is 2. The molecule has 3 rings (SSSR count). The van der Waals surface area contributed by atoms with Gasteiger partial charge in [0, 0.05) is 21.5 Å². The van der Waals surface area contributed by atoms with E-state index < -0.39 is 12.3 Å². The summed E-state index contributed by atoms with van der Waals surface area (Å²) in [4.78, 5) is 25.7. The first-order chi connectivity index (χ1) is 19.5. The van der Waals surface area contributed by atoms with Crippen molar-refractivity contribution in [3.8, 4) is 11.5 Å². The van der Waals surface area contributed by atoms with E-state index in [2.05, 4.69) is 13.8 Å². The molecular weight excluding hydrogens is 504 g/mol. The standard InChI is InChI=1S/C34H46O6/c1-5-9-11-13-15-23-37-33(35)39-31-27-21-17-20-26(8-4)30(27)32(28-22-18-19-25(7-3)29(28)31)40-34(36)38-24-16-14-12-10-6-2/h17-22H,5-16,23-24H2,1-4H3. The van der Waals surface area contributed by atoms with E-state index >= 15 is 0 Å². The minimum absolute atomic E-state index is 0.324. The van der Waals surface area contributed by atoms with Gasteiger partial charge in [0.2, 0.25) is 0 Å². The molecule has 3 aromatic carbocycles. The van der Waals surface area contributed by atoms with Crippen molar-refractivity contribution >= 4 is 33.9 Å². The smallest absolute Gasteiger partial charge is 0.434 e. The Morgan fingerprint density at radius 1 is 0.550 bits per heavy atom. The summed E-state index contributed by atoms with van der Waals surface area (Å²) < 4.78 is 22.8. The first-order valence-electron chi connectivity index (χ1n) is 15.2. The van der Waals surface area contributed by atoms with E-state index in [1.54, 1.807) is 0 Å². The normalized spacial score (nSPS) is 11.1. The van der Waals surface area contributed by atoms with E-state index in [4.69, 9.17) is 18.9 Å². The Bertz CT molecular complexity index is 1150. The zero-order valence-corrected chi connectivity index (χ0v) is 24.8. The lowest BCUT2D eigenvalue weighted by Crippen LogP contribution is -2.14. The van der Waals surface area contributed by atoms with Gasteiger partial charge in [0.25, 0.3) is 0 Å². The van der Waals surface area contributed by atoms with Crippen molar-refractivity contribution in [2.75, 3.05) is 13.2 Å². The SMILES string of the molecule is CCCCCCCOC(=O)Oc1c2cccc(CC)c2c(OC(=O)OCCCCCCC)c2cccc(CC)c12. The molecule has 218 valence electrons. The number of hydrogen-bond donors (Lipinski definition) is 0. The molecule has 0 aliphatic heterocycles. The number of carbonyl (C=O) groups excluding carboxylic acids is 2. The molecule has 0 fully saturated rings. The largest absolute Gasteiger partial charge is 0.513 e. The average molecular weight is 551 g/mol. The number of ether oxygens (including phenoxy) is 4. The van der Waals surface area contributed by atoms with Gasteiger partial charge >= 0.3 is 12.3 Å². The van der Waals surface area contributed by atoms with Gasteiger partial charge in [-0.15, -0.1) is 0 Å². The zero-order chi connectivity index (χ0) is 28.7. The number of aryl methyl sites for hydroxylation is 2. The van der Waals surface area contributed by atoms with Crippen molar-refractivity contribution in [2.24, 2.45) is 0 Å². The quantitative estimate of drug-likeness (QED) is 0.0765. The summed E-state index contributed by atoms with van der Waals surface area (Å²) in [6, 6.07) is 11.7. The van der Waals surface area contributed by atoms with Crippen molar-refractivity contribution in [1.29, 1.82) is 0 Å². The van der Waals surface area contributed by atoms with Crippen LogP contribution in [0.1, 0.15) is 103 Å². The highest BCUT2D eigenvalue weighted by Crippen LogP contribution is 2.46. The second-order valence-electron chi connectivity index (χ2n) is 10.3. The average Bonchev–Trinajstić information content (AvgIpc) is 2.97. The molecule has 0 saturated heterocycles. The molecule has 0 bridgehead atoms. The first kappa shape index (κ1) is 31.3. The van der Waals surface area contributed by atoms with Crippen LogP contribution in [0.25, 0.3) is 21.5 Å². The Hall–Kier alpha value is -3.28. The van der Waals surface area contributed by atoms with Crippen LogP contribution in [0, 0.1) is 0 Å². The van der Waals surface area contributed by atoms with E-state index in [1.165, 1.54) is 25.7 Å². The summed E-state index contributed by atoms with van der Waals surface area (Å²) in [5.74, 6) is 0.871. The second kappa shape index (κ2) is 16.7. The minimum atomic E-state index is -0.720. The molecular formula is C34H46O6. The van der Waals surface area contributed by atoms with E-state index in [1.807, 2.05) is 50.2 Å². The van der Waals surface area contributed by atoms with Gasteiger partial charge in [-0.2, -0.15) is 0 Å². The van der Waals surface area contributed by atoms with Gasteiger partial charge in [-0.1, -0.05) is 115 Å². The number of benzene rings is 3. The number of fused-ring (bicyclic) bond motifs is 2. The predicted octanol–water partition coefficient (Wildman–Crippen LogP) is 10.1. The Balaban J connectivity index is 1.95. The van der Waals surface area contributed by atoms with Gasteiger partial charge in [-0.25, -0.2) is 9.59 Å². The number of hydrogen-bond acceptors (Lipinski definition) is 6. The van der Waals surface area contributed by atoms with Crippen molar-refractivity contribution in [3.63, 3.8) is 0 Å². The van der Waals surface area contributed by atoms with E-state index in [9.17, 15) is 9.59 Å². The van der Waals surface area contributed by atoms with Crippen molar-refractivity contribution < 1.29 is 28.5 Å². The van der Waals surface area contributed by atoms with Crippen LogP contribution >= 0.6 is 0 Å². The maximum absolute atomic E-state index is 12.9.